The third kappa shape index (κ3) is 4.51. The number of anilines is 1. The van der Waals surface area contributed by atoms with E-state index in [0.717, 1.165) is 5.56 Å². The highest BCUT2D eigenvalue weighted by Gasteiger charge is 2.07. The molecule has 1 N–H and O–H groups in total. The second-order valence-corrected chi connectivity index (χ2v) is 4.90. The van der Waals surface area contributed by atoms with Crippen LogP contribution in [0.1, 0.15) is 22.8 Å². The van der Waals surface area contributed by atoms with E-state index < -0.39 is 5.97 Å². The number of methoxy groups -OCH3 is 1. The monoisotopic (exact) mass is 313 g/mol. The Balaban J connectivity index is 2.11. The molecule has 0 bridgehead atoms. The zero-order valence-corrected chi connectivity index (χ0v) is 12.8. The number of rotatable bonds is 4. The SMILES string of the molecule is COC(=O)c1cccc(NC(=O)/C=C(\C)c2ccc(F)cc2)c1. The number of nitrogens with one attached hydrogen (secondary N) is 1. The zero-order chi connectivity index (χ0) is 16.8. The Morgan fingerprint density at radius 1 is 1.09 bits per heavy atom. The Hall–Kier alpha value is -2.95. The number of hydrogen-bond donors (Lipinski definition) is 1. The number of carbonyl (C=O) groups excluding carboxylic acids is 2. The van der Waals surface area contributed by atoms with E-state index in [1.807, 2.05) is 0 Å². The highest BCUT2D eigenvalue weighted by Crippen LogP contribution is 2.15. The molecule has 0 saturated heterocycles. The van der Waals surface area contributed by atoms with Gasteiger partial charge in [-0.15, -0.1) is 0 Å². The molecule has 0 unspecified atom stereocenters. The number of ether oxygens (including phenoxy) is 1. The minimum absolute atomic E-state index is 0.328. The molecule has 0 atom stereocenters. The lowest BCUT2D eigenvalue weighted by Gasteiger charge is -2.06. The van der Waals surface area contributed by atoms with Gasteiger partial charge >= 0.3 is 5.97 Å². The first kappa shape index (κ1) is 16.4. The maximum Gasteiger partial charge on any atom is 0.337 e. The summed E-state index contributed by atoms with van der Waals surface area (Å²) < 4.78 is 17.5. The summed E-state index contributed by atoms with van der Waals surface area (Å²) in [7, 11) is 1.29. The van der Waals surface area contributed by atoms with Crippen molar-refractivity contribution in [3.8, 4) is 0 Å². The predicted molar refractivity (Wildman–Crippen MR) is 86.5 cm³/mol. The molecule has 0 aliphatic heterocycles. The molecular weight excluding hydrogens is 297 g/mol. The van der Waals surface area contributed by atoms with Gasteiger partial charge in [0.15, 0.2) is 0 Å². The van der Waals surface area contributed by atoms with E-state index in [9.17, 15) is 14.0 Å². The third-order valence-electron chi connectivity index (χ3n) is 3.20. The summed E-state index contributed by atoms with van der Waals surface area (Å²) in [6.45, 7) is 1.76. The van der Waals surface area contributed by atoms with Crippen molar-refractivity contribution in [2.24, 2.45) is 0 Å². The number of allylic oxidation sites excluding steroid dienone is 1. The molecule has 0 saturated carbocycles. The van der Waals surface area contributed by atoms with Crippen LogP contribution in [0.4, 0.5) is 10.1 Å². The average Bonchev–Trinajstić information content (AvgIpc) is 2.54. The van der Waals surface area contributed by atoms with Crippen molar-refractivity contribution in [3.05, 3.63) is 71.6 Å². The maximum atomic E-state index is 12.9. The summed E-state index contributed by atoms with van der Waals surface area (Å²) in [5, 5.41) is 2.68. The van der Waals surface area contributed by atoms with Gasteiger partial charge in [-0.1, -0.05) is 18.2 Å². The Morgan fingerprint density at radius 2 is 1.78 bits per heavy atom. The molecule has 5 heteroatoms. The molecule has 4 nitrogen and oxygen atoms in total. The zero-order valence-electron chi connectivity index (χ0n) is 12.8. The van der Waals surface area contributed by atoms with E-state index in [1.54, 1.807) is 37.3 Å². The molecule has 0 fully saturated rings. The molecule has 118 valence electrons. The molecule has 1 amide bonds. The summed E-state index contributed by atoms with van der Waals surface area (Å²) in [5.41, 5.74) is 2.29. The Labute approximate surface area is 133 Å². The van der Waals surface area contributed by atoms with Crippen LogP contribution in [0, 0.1) is 5.82 Å². The van der Waals surface area contributed by atoms with Crippen molar-refractivity contribution in [2.45, 2.75) is 6.92 Å². The number of hydrogen-bond acceptors (Lipinski definition) is 3. The first-order chi connectivity index (χ1) is 11.0. The van der Waals surface area contributed by atoms with Gasteiger partial charge in [-0.05, 0) is 48.4 Å². The fourth-order valence-corrected chi connectivity index (χ4v) is 2.01. The fourth-order valence-electron chi connectivity index (χ4n) is 2.01. The van der Waals surface area contributed by atoms with Crippen LogP contribution in [0.2, 0.25) is 0 Å². The summed E-state index contributed by atoms with van der Waals surface area (Å²) in [6.07, 6.45) is 1.41. The maximum absolute atomic E-state index is 12.9. The largest absolute Gasteiger partial charge is 0.465 e. The van der Waals surface area contributed by atoms with Crippen molar-refractivity contribution in [1.82, 2.24) is 0 Å². The minimum atomic E-state index is -0.473. The first-order valence-electron chi connectivity index (χ1n) is 6.93. The highest BCUT2D eigenvalue weighted by atomic mass is 19.1. The lowest BCUT2D eigenvalue weighted by Crippen LogP contribution is -2.10. The molecule has 2 aromatic carbocycles. The molecule has 2 aromatic rings. The van der Waals surface area contributed by atoms with E-state index in [4.69, 9.17) is 0 Å². The van der Waals surface area contributed by atoms with Gasteiger partial charge in [0.25, 0.3) is 0 Å². The molecule has 0 aromatic heterocycles. The molecule has 0 aliphatic carbocycles. The van der Waals surface area contributed by atoms with Gasteiger partial charge < -0.3 is 10.1 Å². The van der Waals surface area contributed by atoms with Gasteiger partial charge in [0, 0.05) is 11.8 Å². The summed E-state index contributed by atoms with van der Waals surface area (Å²) in [6, 6.07) is 12.3. The van der Waals surface area contributed by atoms with Crippen LogP contribution in [0.5, 0.6) is 0 Å². The van der Waals surface area contributed by atoms with Gasteiger partial charge in [0.2, 0.25) is 5.91 Å². The van der Waals surface area contributed by atoms with Crippen LogP contribution in [0.3, 0.4) is 0 Å². The first-order valence-corrected chi connectivity index (χ1v) is 6.93. The molecule has 0 heterocycles. The number of amides is 1. The smallest absolute Gasteiger partial charge is 0.337 e. The van der Waals surface area contributed by atoms with E-state index in [2.05, 4.69) is 10.1 Å². The number of carbonyl (C=O) groups is 2. The number of halogens is 1. The fraction of sp³-hybridized carbons (Fsp3) is 0.111. The van der Waals surface area contributed by atoms with Crippen molar-refractivity contribution in [1.29, 1.82) is 0 Å². The van der Waals surface area contributed by atoms with Crippen LogP contribution >= 0.6 is 0 Å². The van der Waals surface area contributed by atoms with Crippen LogP contribution in [-0.4, -0.2) is 19.0 Å². The third-order valence-corrected chi connectivity index (χ3v) is 3.20. The van der Waals surface area contributed by atoms with Gasteiger partial charge in [0.05, 0.1) is 12.7 Å². The van der Waals surface area contributed by atoms with Gasteiger partial charge in [0.1, 0.15) is 5.82 Å². The Kier molecular flexibility index (Phi) is 5.25. The molecule has 0 aliphatic rings. The average molecular weight is 313 g/mol. The van der Waals surface area contributed by atoms with Crippen molar-refractivity contribution in [2.75, 3.05) is 12.4 Å². The van der Waals surface area contributed by atoms with Crippen molar-refractivity contribution < 1.29 is 18.7 Å². The number of esters is 1. The van der Waals surface area contributed by atoms with Crippen molar-refractivity contribution in [3.63, 3.8) is 0 Å². The molecule has 2 rings (SSSR count). The normalized spacial score (nSPS) is 11.0. The summed E-state index contributed by atoms with van der Waals surface area (Å²) in [4.78, 5) is 23.5. The quantitative estimate of drug-likeness (QED) is 0.692. The van der Waals surface area contributed by atoms with Gasteiger partial charge in [-0.3, -0.25) is 4.79 Å². The van der Waals surface area contributed by atoms with Crippen LogP contribution < -0.4 is 5.32 Å². The second kappa shape index (κ2) is 7.35. The van der Waals surface area contributed by atoms with Gasteiger partial charge in [-0.2, -0.15) is 0 Å². The van der Waals surface area contributed by atoms with E-state index in [0.29, 0.717) is 16.8 Å². The van der Waals surface area contributed by atoms with E-state index in [1.165, 1.54) is 31.4 Å². The highest BCUT2D eigenvalue weighted by molar-refractivity contribution is 6.04. The minimum Gasteiger partial charge on any atom is -0.465 e. The van der Waals surface area contributed by atoms with E-state index >= 15 is 0 Å². The molecular formula is C18H16FNO3. The lowest BCUT2D eigenvalue weighted by atomic mass is 10.1. The van der Waals surface area contributed by atoms with E-state index in [-0.39, 0.29) is 11.7 Å². The molecule has 23 heavy (non-hydrogen) atoms. The summed E-state index contributed by atoms with van der Waals surface area (Å²) in [5.74, 6) is -1.14. The lowest BCUT2D eigenvalue weighted by molar-refractivity contribution is -0.111. The van der Waals surface area contributed by atoms with Crippen LogP contribution in [0.15, 0.2) is 54.6 Å². The second-order valence-electron chi connectivity index (χ2n) is 4.90. The topological polar surface area (TPSA) is 55.4 Å². The molecule has 0 radical (unpaired) electrons. The van der Waals surface area contributed by atoms with Crippen LogP contribution in [0.25, 0.3) is 5.57 Å². The van der Waals surface area contributed by atoms with Crippen LogP contribution in [-0.2, 0) is 9.53 Å². The Morgan fingerprint density at radius 3 is 2.43 bits per heavy atom. The standard InChI is InChI=1S/C18H16FNO3/c1-12(13-6-8-15(19)9-7-13)10-17(21)20-16-5-3-4-14(11-16)18(22)23-2/h3-11H,1-2H3,(H,20,21)/b12-10+. The predicted octanol–water partition coefficient (Wildman–Crippen LogP) is 3.65. The molecule has 0 spiro atoms. The summed E-state index contributed by atoms with van der Waals surface area (Å²) >= 11 is 0. The van der Waals surface area contributed by atoms with Gasteiger partial charge in [-0.25, -0.2) is 9.18 Å². The number of benzene rings is 2. The van der Waals surface area contributed by atoms with Crippen molar-refractivity contribution >= 4 is 23.1 Å². The Bertz CT molecular complexity index is 751.